The van der Waals surface area contributed by atoms with Crippen LogP contribution in [0.15, 0.2) is 53.1 Å². The van der Waals surface area contributed by atoms with E-state index in [2.05, 4.69) is 20.8 Å². The Bertz CT molecular complexity index is 1370. The number of carbonyl (C=O) groups excluding carboxylic acids is 3. The lowest BCUT2D eigenvalue weighted by Gasteiger charge is -2.11. The van der Waals surface area contributed by atoms with Crippen molar-refractivity contribution in [1.29, 1.82) is 0 Å². The number of fused-ring (bicyclic) bond motifs is 2. The molecule has 0 saturated heterocycles. The van der Waals surface area contributed by atoms with Gasteiger partial charge in [-0.1, -0.05) is 18.2 Å². The van der Waals surface area contributed by atoms with Crippen molar-refractivity contribution in [2.75, 3.05) is 0 Å². The van der Waals surface area contributed by atoms with E-state index in [1.807, 2.05) is 12.1 Å². The van der Waals surface area contributed by atoms with E-state index in [1.54, 1.807) is 37.3 Å². The van der Waals surface area contributed by atoms with Crippen LogP contribution in [0.1, 0.15) is 55.3 Å². The number of pyridine rings is 1. The molecule has 160 valence electrons. The van der Waals surface area contributed by atoms with E-state index < -0.39 is 11.8 Å². The minimum Gasteiger partial charge on any atom is -0.463 e. The van der Waals surface area contributed by atoms with Gasteiger partial charge in [-0.3, -0.25) is 25.2 Å². The number of H-pyrrole nitrogens is 1. The molecule has 5 rings (SSSR count). The molecule has 1 aromatic carbocycles. The van der Waals surface area contributed by atoms with E-state index in [0.29, 0.717) is 45.5 Å². The molecule has 0 atom stereocenters. The number of hydrogen-bond acceptors (Lipinski definition) is 5. The number of carbonyl (C=O) groups is 3. The molecule has 32 heavy (non-hydrogen) atoms. The van der Waals surface area contributed by atoms with Gasteiger partial charge in [0.2, 0.25) is 0 Å². The van der Waals surface area contributed by atoms with E-state index in [4.69, 9.17) is 4.42 Å². The topological polar surface area (TPSA) is 117 Å². The molecule has 3 aromatic heterocycles. The Labute approximate surface area is 183 Å². The highest BCUT2D eigenvalue weighted by atomic mass is 16.3. The molecule has 1 aliphatic carbocycles. The van der Waals surface area contributed by atoms with Gasteiger partial charge in [-0.15, -0.1) is 0 Å². The third-order valence-corrected chi connectivity index (χ3v) is 5.69. The molecule has 3 heterocycles. The molecule has 8 heteroatoms. The Balaban J connectivity index is 1.41. The number of para-hydroxylation sites is 1. The molecule has 3 N–H and O–H groups in total. The van der Waals surface area contributed by atoms with Crippen molar-refractivity contribution in [2.45, 2.75) is 26.2 Å². The minimum absolute atomic E-state index is 0.0387. The van der Waals surface area contributed by atoms with Crippen LogP contribution in [0.5, 0.6) is 0 Å². The van der Waals surface area contributed by atoms with Crippen molar-refractivity contribution >= 4 is 28.5 Å². The summed E-state index contributed by atoms with van der Waals surface area (Å²) in [5.74, 6) is -0.430. The zero-order valence-corrected chi connectivity index (χ0v) is 17.3. The highest BCUT2D eigenvalue weighted by Crippen LogP contribution is 2.27. The number of Topliss-reactive ketones (excluding diaryl/α,β-unsaturated/α-hetero) is 1. The smallest absolute Gasteiger partial charge is 0.286 e. The number of hydrogen-bond donors (Lipinski definition) is 3. The van der Waals surface area contributed by atoms with Crippen LogP contribution in [0, 0.1) is 6.92 Å². The Morgan fingerprint density at radius 1 is 1.06 bits per heavy atom. The first kappa shape index (κ1) is 19.7. The van der Waals surface area contributed by atoms with Gasteiger partial charge in [0.15, 0.2) is 11.5 Å². The predicted molar refractivity (Wildman–Crippen MR) is 117 cm³/mol. The molecule has 0 radical (unpaired) electrons. The Morgan fingerprint density at radius 2 is 1.88 bits per heavy atom. The highest BCUT2D eigenvalue weighted by molar-refractivity contribution is 6.08. The predicted octanol–water partition coefficient (Wildman–Crippen LogP) is 3.73. The van der Waals surface area contributed by atoms with E-state index in [1.165, 1.54) is 6.26 Å². The van der Waals surface area contributed by atoms with Crippen molar-refractivity contribution in [1.82, 2.24) is 20.8 Å². The van der Waals surface area contributed by atoms with Crippen LogP contribution in [0.25, 0.3) is 22.4 Å². The molecule has 8 nitrogen and oxygen atoms in total. The van der Waals surface area contributed by atoms with Crippen LogP contribution in [0.4, 0.5) is 0 Å². The lowest BCUT2D eigenvalue weighted by atomic mass is 9.94. The molecule has 2 amide bonds. The molecule has 0 bridgehead atoms. The van der Waals surface area contributed by atoms with Crippen LogP contribution < -0.4 is 10.9 Å². The van der Waals surface area contributed by atoms with Gasteiger partial charge in [-0.2, -0.15) is 0 Å². The lowest BCUT2D eigenvalue weighted by molar-refractivity contribution is 0.0844. The molecule has 0 fully saturated rings. The monoisotopic (exact) mass is 428 g/mol. The van der Waals surface area contributed by atoms with Gasteiger partial charge in [0, 0.05) is 23.1 Å². The number of aromatic nitrogens is 2. The van der Waals surface area contributed by atoms with Crippen molar-refractivity contribution in [3.05, 3.63) is 76.8 Å². The first-order chi connectivity index (χ1) is 15.5. The number of benzene rings is 1. The van der Waals surface area contributed by atoms with Gasteiger partial charge < -0.3 is 9.40 Å². The maximum Gasteiger partial charge on any atom is 0.286 e. The Morgan fingerprint density at radius 3 is 2.66 bits per heavy atom. The third-order valence-electron chi connectivity index (χ3n) is 5.69. The summed E-state index contributed by atoms with van der Waals surface area (Å²) in [6.07, 6.45) is 3.50. The first-order valence-electron chi connectivity index (χ1n) is 10.3. The quantitative estimate of drug-likeness (QED) is 0.430. The number of nitrogens with zero attached hydrogens (tertiary/aromatic N) is 1. The fraction of sp³-hybridized carbons (Fsp3) is 0.167. The highest BCUT2D eigenvalue weighted by Gasteiger charge is 2.26. The number of ketones is 1. The summed E-state index contributed by atoms with van der Waals surface area (Å²) >= 11 is 0. The Kier molecular flexibility index (Phi) is 4.82. The molecular formula is C24H20N4O4. The van der Waals surface area contributed by atoms with Crippen molar-refractivity contribution < 1.29 is 18.8 Å². The standard InChI is InChI=1S/C24H20N4O4/c1-13-21-17(8-4-9-19(21)29)26-22(13)24(31)28-27-23(30)15-12-18(20-10-5-11-32-20)25-16-7-3-2-6-14(15)16/h2-3,5-7,10-12,26H,4,8-9H2,1H3,(H,27,30)(H,28,31). The average Bonchev–Trinajstić information content (AvgIpc) is 3.45. The molecule has 0 spiro atoms. The lowest BCUT2D eigenvalue weighted by Crippen LogP contribution is -2.42. The van der Waals surface area contributed by atoms with Gasteiger partial charge in [0.05, 0.1) is 17.3 Å². The fourth-order valence-electron chi connectivity index (χ4n) is 4.16. The van der Waals surface area contributed by atoms with Crippen LogP contribution in [0.2, 0.25) is 0 Å². The summed E-state index contributed by atoms with van der Waals surface area (Å²) in [6.45, 7) is 1.74. The maximum absolute atomic E-state index is 13.0. The summed E-state index contributed by atoms with van der Waals surface area (Å²) in [5.41, 5.74) is 8.67. The summed E-state index contributed by atoms with van der Waals surface area (Å²) in [7, 11) is 0. The van der Waals surface area contributed by atoms with Gasteiger partial charge in [0.1, 0.15) is 11.4 Å². The van der Waals surface area contributed by atoms with Crippen LogP contribution in [-0.4, -0.2) is 27.6 Å². The fourth-order valence-corrected chi connectivity index (χ4v) is 4.16. The summed E-state index contributed by atoms with van der Waals surface area (Å²) in [6, 6.07) is 12.4. The molecular weight excluding hydrogens is 408 g/mol. The molecule has 0 aliphatic heterocycles. The van der Waals surface area contributed by atoms with Gasteiger partial charge in [-0.05, 0) is 49.6 Å². The first-order valence-corrected chi connectivity index (χ1v) is 10.3. The Hall–Kier alpha value is -4.20. The molecule has 0 saturated carbocycles. The van der Waals surface area contributed by atoms with Crippen LogP contribution in [-0.2, 0) is 6.42 Å². The zero-order chi connectivity index (χ0) is 22.2. The summed E-state index contributed by atoms with van der Waals surface area (Å²) in [4.78, 5) is 45.6. The van der Waals surface area contributed by atoms with E-state index in [0.717, 1.165) is 18.5 Å². The largest absolute Gasteiger partial charge is 0.463 e. The van der Waals surface area contributed by atoms with Gasteiger partial charge in [0.25, 0.3) is 11.8 Å². The summed E-state index contributed by atoms with van der Waals surface area (Å²) < 4.78 is 5.43. The normalized spacial score (nSPS) is 13.1. The van der Waals surface area contributed by atoms with E-state index in [-0.39, 0.29) is 11.5 Å². The SMILES string of the molecule is Cc1c(C(=O)NNC(=O)c2cc(-c3ccco3)nc3ccccc23)[nH]c2c1C(=O)CCC2. The van der Waals surface area contributed by atoms with Crippen molar-refractivity contribution in [2.24, 2.45) is 0 Å². The third kappa shape index (κ3) is 3.35. The number of amides is 2. The van der Waals surface area contributed by atoms with E-state index >= 15 is 0 Å². The second-order valence-corrected chi connectivity index (χ2v) is 7.71. The number of aromatic amines is 1. The van der Waals surface area contributed by atoms with Gasteiger partial charge >= 0.3 is 0 Å². The number of nitrogens with one attached hydrogen (secondary N) is 3. The number of aryl methyl sites for hydroxylation is 1. The zero-order valence-electron chi connectivity index (χ0n) is 17.3. The second-order valence-electron chi connectivity index (χ2n) is 7.71. The second kappa shape index (κ2) is 7.81. The van der Waals surface area contributed by atoms with Gasteiger partial charge in [-0.25, -0.2) is 4.98 Å². The molecule has 0 unspecified atom stereocenters. The molecule has 4 aromatic rings. The maximum atomic E-state index is 13.0. The number of rotatable bonds is 3. The van der Waals surface area contributed by atoms with Crippen LogP contribution in [0.3, 0.4) is 0 Å². The van der Waals surface area contributed by atoms with E-state index in [9.17, 15) is 14.4 Å². The molecule has 1 aliphatic rings. The number of furan rings is 1. The average molecular weight is 428 g/mol. The van der Waals surface area contributed by atoms with Crippen molar-refractivity contribution in [3.63, 3.8) is 0 Å². The van der Waals surface area contributed by atoms with Crippen molar-refractivity contribution in [3.8, 4) is 11.5 Å². The summed E-state index contributed by atoms with van der Waals surface area (Å²) in [5, 5.41) is 0.645. The number of hydrazine groups is 1. The minimum atomic E-state index is -0.511. The van der Waals surface area contributed by atoms with Crippen LogP contribution >= 0.6 is 0 Å².